The predicted octanol–water partition coefficient (Wildman–Crippen LogP) is 2.51. The summed E-state index contributed by atoms with van der Waals surface area (Å²) in [6.45, 7) is 1.16. The number of aromatic amines is 1. The first-order valence-electron chi connectivity index (χ1n) is 7.45. The lowest BCUT2D eigenvalue weighted by Gasteiger charge is -2.27. The average molecular weight is 354 g/mol. The number of H-pyrrole nitrogens is 1. The number of methoxy groups -OCH3 is 1. The average Bonchev–Trinajstić information content (AvgIpc) is 3.21. The highest BCUT2D eigenvalue weighted by molar-refractivity contribution is 6.33. The van der Waals surface area contributed by atoms with Crippen LogP contribution in [-0.4, -0.2) is 53.4 Å². The van der Waals surface area contributed by atoms with Gasteiger partial charge >= 0.3 is 0 Å². The molecule has 1 fully saturated rings. The summed E-state index contributed by atoms with van der Waals surface area (Å²) in [5.74, 6) is 0.00491. The van der Waals surface area contributed by atoms with Crippen molar-refractivity contribution >= 4 is 17.5 Å². The Bertz CT molecular complexity index is 722. The molecule has 1 amide bonds. The quantitative estimate of drug-likeness (QED) is 0.896. The van der Waals surface area contributed by atoms with Gasteiger partial charge in [0.25, 0.3) is 5.91 Å². The molecular weight excluding hydrogens is 337 g/mol. The van der Waals surface area contributed by atoms with Crippen molar-refractivity contribution in [3.8, 4) is 5.75 Å². The molecule has 1 aromatic heterocycles. The molecule has 2 aromatic rings. The molecular formula is C16H17ClFN3O3. The third kappa shape index (κ3) is 3.37. The van der Waals surface area contributed by atoms with Gasteiger partial charge in [-0.1, -0.05) is 11.6 Å². The number of benzene rings is 1. The zero-order valence-corrected chi connectivity index (χ0v) is 13.8. The van der Waals surface area contributed by atoms with Gasteiger partial charge in [-0.05, 0) is 30.7 Å². The van der Waals surface area contributed by atoms with Crippen molar-refractivity contribution in [1.82, 2.24) is 15.1 Å². The zero-order valence-electron chi connectivity index (χ0n) is 13.1. The van der Waals surface area contributed by atoms with Crippen LogP contribution in [0.15, 0.2) is 30.5 Å². The number of halogens is 2. The summed E-state index contributed by atoms with van der Waals surface area (Å²) >= 11 is 5.94. The lowest BCUT2D eigenvalue weighted by molar-refractivity contribution is -0.0343. The van der Waals surface area contributed by atoms with Crippen LogP contribution in [0.25, 0.3) is 0 Å². The summed E-state index contributed by atoms with van der Waals surface area (Å²) in [7, 11) is 1.59. The second kappa shape index (κ2) is 6.78. The number of rotatable bonds is 5. The van der Waals surface area contributed by atoms with Gasteiger partial charge in [0, 0.05) is 13.7 Å². The SMILES string of the molecule is CO[C@]1(COc2ccc(F)cc2)CCN(C(=O)c2[nH]ncc2Cl)C1. The highest BCUT2D eigenvalue weighted by Crippen LogP contribution is 2.28. The molecule has 0 radical (unpaired) electrons. The topological polar surface area (TPSA) is 67.5 Å². The minimum Gasteiger partial charge on any atom is -0.491 e. The minimum atomic E-state index is -0.615. The Labute approximate surface area is 143 Å². The highest BCUT2D eigenvalue weighted by Gasteiger charge is 2.42. The van der Waals surface area contributed by atoms with Gasteiger partial charge in [-0.25, -0.2) is 4.39 Å². The number of ether oxygens (including phenoxy) is 2. The van der Waals surface area contributed by atoms with E-state index < -0.39 is 5.60 Å². The van der Waals surface area contributed by atoms with E-state index in [1.54, 1.807) is 24.1 Å². The van der Waals surface area contributed by atoms with Crippen molar-refractivity contribution in [2.75, 3.05) is 26.8 Å². The normalized spacial score (nSPS) is 20.4. The monoisotopic (exact) mass is 353 g/mol. The Morgan fingerprint density at radius 2 is 2.21 bits per heavy atom. The lowest BCUT2D eigenvalue weighted by Crippen LogP contribution is -2.42. The molecule has 0 bridgehead atoms. The van der Waals surface area contributed by atoms with Crippen LogP contribution < -0.4 is 4.74 Å². The number of carbonyl (C=O) groups is 1. The molecule has 0 spiro atoms. The largest absolute Gasteiger partial charge is 0.491 e. The number of nitrogens with zero attached hydrogens (tertiary/aromatic N) is 2. The number of aromatic nitrogens is 2. The smallest absolute Gasteiger partial charge is 0.273 e. The summed E-state index contributed by atoms with van der Waals surface area (Å²) in [4.78, 5) is 14.1. The molecule has 1 aromatic carbocycles. The van der Waals surface area contributed by atoms with Crippen LogP contribution in [0.5, 0.6) is 5.75 Å². The molecule has 0 unspecified atom stereocenters. The maximum atomic E-state index is 12.9. The van der Waals surface area contributed by atoms with E-state index in [-0.39, 0.29) is 29.0 Å². The zero-order chi connectivity index (χ0) is 17.2. The number of amides is 1. The molecule has 1 aliphatic rings. The Kier molecular flexibility index (Phi) is 4.73. The Hall–Kier alpha value is -2.12. The summed E-state index contributed by atoms with van der Waals surface area (Å²) in [6.07, 6.45) is 2.02. The van der Waals surface area contributed by atoms with Gasteiger partial charge in [-0.2, -0.15) is 5.10 Å². The van der Waals surface area contributed by atoms with Crippen molar-refractivity contribution in [2.45, 2.75) is 12.0 Å². The van der Waals surface area contributed by atoms with E-state index in [2.05, 4.69) is 10.2 Å². The molecule has 1 N–H and O–H groups in total. The van der Waals surface area contributed by atoms with E-state index in [9.17, 15) is 9.18 Å². The Morgan fingerprint density at radius 3 is 2.83 bits per heavy atom. The highest BCUT2D eigenvalue weighted by atomic mass is 35.5. The van der Waals surface area contributed by atoms with Gasteiger partial charge in [-0.15, -0.1) is 0 Å². The molecule has 24 heavy (non-hydrogen) atoms. The lowest BCUT2D eigenvalue weighted by atomic mass is 10.0. The molecule has 3 rings (SSSR count). The standard InChI is InChI=1S/C16H17ClFN3O3/c1-23-16(10-24-12-4-2-11(18)3-5-12)6-7-21(9-16)15(22)14-13(17)8-19-20-14/h2-5,8H,6-7,9-10H2,1H3,(H,19,20)/t16-/m1/s1. The molecule has 8 heteroatoms. The summed E-state index contributed by atoms with van der Waals surface area (Å²) in [6, 6.07) is 5.78. The number of nitrogens with one attached hydrogen (secondary N) is 1. The number of hydrogen-bond acceptors (Lipinski definition) is 4. The fraction of sp³-hybridized carbons (Fsp3) is 0.375. The summed E-state index contributed by atoms with van der Waals surface area (Å²) < 4.78 is 24.3. The van der Waals surface area contributed by atoms with Gasteiger partial charge < -0.3 is 14.4 Å². The molecule has 0 aliphatic carbocycles. The molecule has 1 aliphatic heterocycles. The van der Waals surface area contributed by atoms with Crippen LogP contribution in [0.1, 0.15) is 16.9 Å². The first kappa shape index (κ1) is 16.7. The molecule has 6 nitrogen and oxygen atoms in total. The van der Waals surface area contributed by atoms with E-state index >= 15 is 0 Å². The summed E-state index contributed by atoms with van der Waals surface area (Å²) in [5, 5.41) is 6.66. The van der Waals surface area contributed by atoms with Crippen molar-refractivity contribution < 1.29 is 18.7 Å². The van der Waals surface area contributed by atoms with E-state index in [0.29, 0.717) is 25.3 Å². The number of likely N-dealkylation sites (tertiary alicyclic amines) is 1. The van der Waals surface area contributed by atoms with Gasteiger partial charge in [0.1, 0.15) is 29.5 Å². The fourth-order valence-corrected chi connectivity index (χ4v) is 2.86. The molecule has 128 valence electrons. The molecule has 1 saturated heterocycles. The number of carbonyl (C=O) groups excluding carboxylic acids is 1. The third-order valence-electron chi connectivity index (χ3n) is 4.16. The van der Waals surface area contributed by atoms with E-state index in [0.717, 1.165) is 0 Å². The van der Waals surface area contributed by atoms with E-state index in [4.69, 9.17) is 21.1 Å². The van der Waals surface area contributed by atoms with Crippen molar-refractivity contribution in [3.05, 3.63) is 47.0 Å². The van der Waals surface area contributed by atoms with Crippen LogP contribution in [0.2, 0.25) is 5.02 Å². The van der Waals surface area contributed by atoms with Gasteiger partial charge in [0.2, 0.25) is 0 Å². The van der Waals surface area contributed by atoms with Gasteiger partial charge in [0.15, 0.2) is 0 Å². The Balaban J connectivity index is 1.65. The number of hydrogen-bond donors (Lipinski definition) is 1. The van der Waals surface area contributed by atoms with Crippen LogP contribution >= 0.6 is 11.6 Å². The second-order valence-corrected chi connectivity index (χ2v) is 6.11. The van der Waals surface area contributed by atoms with Gasteiger partial charge in [-0.3, -0.25) is 9.89 Å². The van der Waals surface area contributed by atoms with Crippen LogP contribution in [0.4, 0.5) is 4.39 Å². The summed E-state index contributed by atoms with van der Waals surface area (Å²) in [5.41, 5.74) is -0.348. The van der Waals surface area contributed by atoms with Crippen molar-refractivity contribution in [1.29, 1.82) is 0 Å². The van der Waals surface area contributed by atoms with Crippen molar-refractivity contribution in [3.63, 3.8) is 0 Å². The van der Waals surface area contributed by atoms with Crippen molar-refractivity contribution in [2.24, 2.45) is 0 Å². The van der Waals surface area contributed by atoms with Gasteiger partial charge in [0.05, 0.1) is 17.8 Å². The molecule has 2 heterocycles. The minimum absolute atomic E-state index is 0.224. The third-order valence-corrected chi connectivity index (χ3v) is 4.45. The van der Waals surface area contributed by atoms with Crippen LogP contribution in [0.3, 0.4) is 0 Å². The molecule has 0 saturated carbocycles. The Morgan fingerprint density at radius 1 is 1.46 bits per heavy atom. The second-order valence-electron chi connectivity index (χ2n) is 5.70. The van der Waals surface area contributed by atoms with E-state index in [1.165, 1.54) is 18.3 Å². The molecule has 1 atom stereocenters. The first-order chi connectivity index (χ1) is 11.5. The fourth-order valence-electron chi connectivity index (χ4n) is 2.69. The first-order valence-corrected chi connectivity index (χ1v) is 7.82. The maximum Gasteiger partial charge on any atom is 0.273 e. The van der Waals surface area contributed by atoms with Crippen LogP contribution in [-0.2, 0) is 4.74 Å². The van der Waals surface area contributed by atoms with Crippen LogP contribution in [0, 0.1) is 5.82 Å². The maximum absolute atomic E-state index is 12.9. The van der Waals surface area contributed by atoms with E-state index in [1.807, 2.05) is 0 Å². The predicted molar refractivity (Wildman–Crippen MR) is 85.8 cm³/mol.